The summed E-state index contributed by atoms with van der Waals surface area (Å²) in [5.41, 5.74) is 9.51. The molecule has 30 heavy (non-hydrogen) atoms. The second-order valence-electron chi connectivity index (χ2n) is 7.59. The van der Waals surface area contributed by atoms with Gasteiger partial charge in [-0.2, -0.15) is 0 Å². The van der Waals surface area contributed by atoms with Gasteiger partial charge in [0, 0.05) is 24.9 Å². The number of carbonyl (C=O) groups excluding carboxylic acids is 1. The first-order valence-electron chi connectivity index (χ1n) is 10.5. The van der Waals surface area contributed by atoms with Crippen LogP contribution in [0, 0.1) is 0 Å². The number of unbranched alkanes of at least 4 members (excludes halogenated alkanes) is 2. The minimum atomic E-state index is 0.179. The van der Waals surface area contributed by atoms with E-state index >= 15 is 0 Å². The number of anilines is 1. The first-order valence-corrected chi connectivity index (χ1v) is 10.5. The second-order valence-corrected chi connectivity index (χ2v) is 7.59. The molecule has 0 atom stereocenters. The Morgan fingerprint density at radius 2 is 1.93 bits per heavy atom. The van der Waals surface area contributed by atoms with Crippen molar-refractivity contribution in [3.8, 4) is 0 Å². The van der Waals surface area contributed by atoms with E-state index in [0.29, 0.717) is 18.9 Å². The zero-order valence-corrected chi connectivity index (χ0v) is 17.6. The van der Waals surface area contributed by atoms with Gasteiger partial charge in [-0.1, -0.05) is 42.0 Å². The highest BCUT2D eigenvalue weighted by Crippen LogP contribution is 2.11. The van der Waals surface area contributed by atoms with Gasteiger partial charge >= 0.3 is 0 Å². The van der Waals surface area contributed by atoms with Crippen molar-refractivity contribution in [3.05, 3.63) is 65.2 Å². The normalized spacial score (nSPS) is 11.7. The molecule has 0 aliphatic heterocycles. The van der Waals surface area contributed by atoms with Crippen LogP contribution in [0.25, 0.3) is 6.08 Å². The fourth-order valence-electron chi connectivity index (χ4n) is 3.34. The summed E-state index contributed by atoms with van der Waals surface area (Å²) in [4.78, 5) is 19.4. The first kappa shape index (κ1) is 21.5. The Morgan fingerprint density at radius 3 is 2.70 bits per heavy atom. The number of aryl methyl sites for hydroxylation is 3. The van der Waals surface area contributed by atoms with E-state index in [1.165, 1.54) is 0 Å². The van der Waals surface area contributed by atoms with Gasteiger partial charge < -0.3 is 10.7 Å². The lowest BCUT2D eigenvalue weighted by Crippen LogP contribution is -2.04. The Morgan fingerprint density at radius 1 is 1.13 bits per heavy atom. The van der Waals surface area contributed by atoms with Gasteiger partial charge in [-0.25, -0.2) is 4.98 Å². The maximum absolute atomic E-state index is 12.3. The van der Waals surface area contributed by atoms with E-state index in [2.05, 4.69) is 20.3 Å². The molecule has 0 spiro atoms. The predicted octanol–water partition coefficient (Wildman–Crippen LogP) is 3.99. The third-order valence-corrected chi connectivity index (χ3v) is 5.03. The Hall–Kier alpha value is -3.22. The van der Waals surface area contributed by atoms with Gasteiger partial charge in [0.15, 0.2) is 11.7 Å². The summed E-state index contributed by atoms with van der Waals surface area (Å²) >= 11 is 0. The lowest BCUT2D eigenvalue weighted by molar-refractivity contribution is -0.115. The van der Waals surface area contributed by atoms with Crippen molar-refractivity contribution in [2.24, 2.45) is 0 Å². The summed E-state index contributed by atoms with van der Waals surface area (Å²) in [5.74, 6) is 0.656. The number of nitrogens with zero attached hydrogens (tertiary/aromatic N) is 4. The second kappa shape index (κ2) is 11.1. The van der Waals surface area contributed by atoms with Crippen molar-refractivity contribution in [3.63, 3.8) is 0 Å². The maximum atomic E-state index is 12.3. The van der Waals surface area contributed by atoms with E-state index in [9.17, 15) is 4.79 Å². The van der Waals surface area contributed by atoms with Gasteiger partial charge in [0.1, 0.15) is 0 Å². The van der Waals surface area contributed by atoms with Crippen molar-refractivity contribution in [1.82, 2.24) is 25.0 Å². The molecular formula is C23H30N6O. The highest BCUT2D eigenvalue weighted by atomic mass is 16.1. The average molecular weight is 407 g/mol. The molecule has 0 radical (unpaired) electrons. The molecule has 0 saturated heterocycles. The van der Waals surface area contributed by atoms with Crippen LogP contribution in [0.4, 0.5) is 5.95 Å². The van der Waals surface area contributed by atoms with Crippen LogP contribution in [-0.2, 0) is 24.2 Å². The molecule has 7 nitrogen and oxygen atoms in total. The maximum Gasteiger partial charge on any atom is 0.197 e. The number of nitrogen functional groups attached to an aromatic ring is 1. The number of rotatable bonds is 12. The number of H-pyrrole nitrogens is 1. The van der Waals surface area contributed by atoms with Crippen molar-refractivity contribution in [1.29, 1.82) is 0 Å². The van der Waals surface area contributed by atoms with Crippen LogP contribution < -0.4 is 5.73 Å². The number of aromatic nitrogens is 5. The smallest absolute Gasteiger partial charge is 0.197 e. The van der Waals surface area contributed by atoms with E-state index in [-0.39, 0.29) is 5.78 Å². The van der Waals surface area contributed by atoms with E-state index in [1.807, 2.05) is 54.2 Å². The monoisotopic (exact) mass is 406 g/mol. The number of imidazole rings is 1. The quantitative estimate of drug-likeness (QED) is 0.350. The molecule has 3 N–H and O–H groups in total. The van der Waals surface area contributed by atoms with E-state index in [4.69, 9.17) is 5.73 Å². The highest BCUT2D eigenvalue weighted by Gasteiger charge is 2.06. The molecule has 0 aliphatic carbocycles. The lowest BCUT2D eigenvalue weighted by Gasteiger charge is -2.02. The van der Waals surface area contributed by atoms with Crippen molar-refractivity contribution < 1.29 is 4.79 Å². The molecule has 2 heterocycles. The zero-order chi connectivity index (χ0) is 21.2. The number of allylic oxidation sites excluding steroid dienone is 1. The molecule has 0 aliphatic rings. The average Bonchev–Trinajstić information content (AvgIpc) is 3.37. The molecule has 0 unspecified atom stereocenters. The standard InChI is InChI=1S/C23H30N6O/c1-18(15-19-9-4-2-5-10-19)22(30)13-8-14-29-17-21(27-28-29)12-7-3-6-11-20-16-25-23(24)26-20/h2,4-5,9-10,15-17H,3,6-8,11-14H2,1H3,(H3,24,25,26)/b18-15+. The number of ketones is 1. The van der Waals surface area contributed by atoms with Crippen LogP contribution >= 0.6 is 0 Å². The van der Waals surface area contributed by atoms with Gasteiger partial charge in [0.25, 0.3) is 0 Å². The summed E-state index contributed by atoms with van der Waals surface area (Å²) in [6.45, 7) is 2.59. The van der Waals surface area contributed by atoms with E-state index in [1.54, 1.807) is 6.20 Å². The number of benzene rings is 1. The number of aromatic amines is 1. The van der Waals surface area contributed by atoms with Gasteiger partial charge in [-0.15, -0.1) is 5.10 Å². The topological polar surface area (TPSA) is 102 Å². The number of carbonyl (C=O) groups is 1. The van der Waals surface area contributed by atoms with Crippen LogP contribution in [0.2, 0.25) is 0 Å². The van der Waals surface area contributed by atoms with Gasteiger partial charge in [0.05, 0.1) is 11.9 Å². The number of hydrogen-bond acceptors (Lipinski definition) is 5. The van der Waals surface area contributed by atoms with E-state index in [0.717, 1.165) is 61.0 Å². The Bertz CT molecular complexity index is 957. The third-order valence-electron chi connectivity index (χ3n) is 5.03. The van der Waals surface area contributed by atoms with Gasteiger partial charge in [-0.3, -0.25) is 9.48 Å². The van der Waals surface area contributed by atoms with Crippen molar-refractivity contribution in [2.75, 3.05) is 5.73 Å². The molecule has 3 aromatic rings. The van der Waals surface area contributed by atoms with Crippen LogP contribution in [0.5, 0.6) is 0 Å². The van der Waals surface area contributed by atoms with Crippen LogP contribution in [0.1, 0.15) is 56.0 Å². The molecule has 1 aromatic carbocycles. The zero-order valence-electron chi connectivity index (χ0n) is 17.6. The Labute approximate surface area is 177 Å². The van der Waals surface area contributed by atoms with Crippen LogP contribution in [0.3, 0.4) is 0 Å². The molecule has 0 fully saturated rings. The summed E-state index contributed by atoms with van der Waals surface area (Å²) in [6, 6.07) is 9.92. The molecule has 0 bridgehead atoms. The summed E-state index contributed by atoms with van der Waals surface area (Å²) in [6.07, 6.45) is 12.2. The molecule has 7 heteroatoms. The number of nitrogens with one attached hydrogen (secondary N) is 1. The van der Waals surface area contributed by atoms with Crippen molar-refractivity contribution in [2.45, 2.75) is 58.4 Å². The highest BCUT2D eigenvalue weighted by molar-refractivity contribution is 5.98. The largest absolute Gasteiger partial charge is 0.369 e. The minimum absolute atomic E-state index is 0.179. The molecule has 3 rings (SSSR count). The third kappa shape index (κ3) is 6.99. The predicted molar refractivity (Wildman–Crippen MR) is 119 cm³/mol. The SMILES string of the molecule is C/C(=C\c1ccccc1)C(=O)CCCn1cc(CCCCCc2cnc(N)[nH]2)nn1. The molecule has 158 valence electrons. The summed E-state index contributed by atoms with van der Waals surface area (Å²) < 4.78 is 1.84. The summed E-state index contributed by atoms with van der Waals surface area (Å²) in [7, 11) is 0. The fraction of sp³-hybridized carbons (Fsp3) is 0.391. The molecular weight excluding hydrogens is 376 g/mol. The molecule has 0 amide bonds. The minimum Gasteiger partial charge on any atom is -0.369 e. The first-order chi connectivity index (χ1) is 14.6. The van der Waals surface area contributed by atoms with Gasteiger partial charge in [0.2, 0.25) is 0 Å². The van der Waals surface area contributed by atoms with Crippen molar-refractivity contribution >= 4 is 17.8 Å². The fourth-order valence-corrected chi connectivity index (χ4v) is 3.34. The lowest BCUT2D eigenvalue weighted by atomic mass is 10.1. The van der Waals surface area contributed by atoms with Gasteiger partial charge in [-0.05, 0) is 56.2 Å². The van der Waals surface area contributed by atoms with Crippen LogP contribution in [0.15, 0.2) is 48.3 Å². The molecule has 2 aromatic heterocycles. The number of hydrogen-bond donors (Lipinski definition) is 2. The van der Waals surface area contributed by atoms with E-state index < -0.39 is 0 Å². The molecule has 0 saturated carbocycles. The number of nitrogens with two attached hydrogens (primary N) is 1. The Kier molecular flexibility index (Phi) is 7.94. The summed E-state index contributed by atoms with van der Waals surface area (Å²) in [5, 5.41) is 8.44. The van der Waals surface area contributed by atoms with Crippen LogP contribution in [-0.4, -0.2) is 30.7 Å². The number of Topliss-reactive ketones (excluding diaryl/α,β-unsaturated/α-hetero) is 1. The Balaban J connectivity index is 1.32.